The van der Waals surface area contributed by atoms with Crippen molar-refractivity contribution in [2.45, 2.75) is 32.2 Å². The topological polar surface area (TPSA) is 38.5 Å². The smallest absolute Gasteiger partial charge is 0.0593 e. The molecular formula is C10H22N2O. The number of rotatable bonds is 5. The molecule has 0 aromatic rings. The SMILES string of the molecule is CCOCCN1CCCCC1CN. The molecule has 0 radical (unpaired) electrons. The summed E-state index contributed by atoms with van der Waals surface area (Å²) in [6.07, 6.45) is 3.93. The van der Waals surface area contributed by atoms with E-state index < -0.39 is 0 Å². The molecule has 13 heavy (non-hydrogen) atoms. The van der Waals surface area contributed by atoms with Gasteiger partial charge in [-0.3, -0.25) is 4.90 Å². The number of hydrogen-bond donors (Lipinski definition) is 1. The molecule has 0 aliphatic carbocycles. The number of piperidine rings is 1. The van der Waals surface area contributed by atoms with E-state index in [1.807, 2.05) is 6.92 Å². The molecule has 1 unspecified atom stereocenters. The minimum Gasteiger partial charge on any atom is -0.380 e. The predicted octanol–water partition coefficient (Wildman–Crippen LogP) is 0.836. The molecule has 1 heterocycles. The van der Waals surface area contributed by atoms with Crippen molar-refractivity contribution in [2.75, 3.05) is 32.8 Å². The van der Waals surface area contributed by atoms with Gasteiger partial charge >= 0.3 is 0 Å². The van der Waals surface area contributed by atoms with Crippen LogP contribution in [0.2, 0.25) is 0 Å². The monoisotopic (exact) mass is 186 g/mol. The van der Waals surface area contributed by atoms with Crippen molar-refractivity contribution in [1.82, 2.24) is 4.90 Å². The summed E-state index contributed by atoms with van der Waals surface area (Å²) in [5.74, 6) is 0. The highest BCUT2D eigenvalue weighted by molar-refractivity contribution is 4.77. The van der Waals surface area contributed by atoms with Crippen molar-refractivity contribution < 1.29 is 4.74 Å². The summed E-state index contributed by atoms with van der Waals surface area (Å²) in [6.45, 7) is 6.77. The first-order chi connectivity index (χ1) is 6.38. The molecule has 0 amide bonds. The molecule has 1 atom stereocenters. The van der Waals surface area contributed by atoms with Gasteiger partial charge in [-0.2, -0.15) is 0 Å². The molecule has 1 aliphatic heterocycles. The molecule has 1 aliphatic rings. The van der Waals surface area contributed by atoms with Gasteiger partial charge in [-0.1, -0.05) is 6.42 Å². The van der Waals surface area contributed by atoms with E-state index in [4.69, 9.17) is 10.5 Å². The molecule has 2 N–H and O–H groups in total. The van der Waals surface area contributed by atoms with Gasteiger partial charge in [0.15, 0.2) is 0 Å². The first kappa shape index (κ1) is 11.0. The third-order valence-corrected chi connectivity index (χ3v) is 2.75. The molecule has 1 saturated heterocycles. The molecular weight excluding hydrogens is 164 g/mol. The van der Waals surface area contributed by atoms with Gasteiger partial charge < -0.3 is 10.5 Å². The lowest BCUT2D eigenvalue weighted by molar-refractivity contribution is 0.0798. The summed E-state index contributed by atoms with van der Waals surface area (Å²) in [4.78, 5) is 2.47. The van der Waals surface area contributed by atoms with Crippen molar-refractivity contribution in [3.05, 3.63) is 0 Å². The van der Waals surface area contributed by atoms with Gasteiger partial charge in [0.2, 0.25) is 0 Å². The van der Waals surface area contributed by atoms with Gasteiger partial charge in [-0.15, -0.1) is 0 Å². The first-order valence-electron chi connectivity index (χ1n) is 5.40. The largest absolute Gasteiger partial charge is 0.380 e. The minimum absolute atomic E-state index is 0.606. The van der Waals surface area contributed by atoms with E-state index in [1.54, 1.807) is 0 Å². The van der Waals surface area contributed by atoms with Crippen molar-refractivity contribution in [3.8, 4) is 0 Å². The average Bonchev–Trinajstić information content (AvgIpc) is 2.19. The molecule has 0 bridgehead atoms. The normalized spacial score (nSPS) is 24.9. The van der Waals surface area contributed by atoms with Crippen LogP contribution in [0.1, 0.15) is 26.2 Å². The Morgan fingerprint density at radius 2 is 2.31 bits per heavy atom. The number of hydrogen-bond acceptors (Lipinski definition) is 3. The van der Waals surface area contributed by atoms with Crippen molar-refractivity contribution in [2.24, 2.45) is 5.73 Å². The summed E-state index contributed by atoms with van der Waals surface area (Å²) in [6, 6.07) is 0.606. The molecule has 3 nitrogen and oxygen atoms in total. The zero-order chi connectivity index (χ0) is 9.52. The summed E-state index contributed by atoms with van der Waals surface area (Å²) in [5, 5.41) is 0. The maximum absolute atomic E-state index is 5.72. The van der Waals surface area contributed by atoms with E-state index >= 15 is 0 Å². The first-order valence-corrected chi connectivity index (χ1v) is 5.40. The number of likely N-dealkylation sites (tertiary alicyclic amines) is 1. The van der Waals surface area contributed by atoms with E-state index in [1.165, 1.54) is 25.8 Å². The van der Waals surface area contributed by atoms with E-state index in [-0.39, 0.29) is 0 Å². The van der Waals surface area contributed by atoms with Crippen LogP contribution in [0, 0.1) is 0 Å². The van der Waals surface area contributed by atoms with E-state index in [9.17, 15) is 0 Å². The fourth-order valence-electron chi connectivity index (χ4n) is 1.95. The van der Waals surface area contributed by atoms with Crippen LogP contribution < -0.4 is 5.73 Å². The second-order valence-corrected chi connectivity index (χ2v) is 3.62. The van der Waals surface area contributed by atoms with Gasteiger partial charge in [0.05, 0.1) is 6.61 Å². The lowest BCUT2D eigenvalue weighted by atomic mass is 10.0. The second-order valence-electron chi connectivity index (χ2n) is 3.62. The van der Waals surface area contributed by atoms with E-state index in [0.717, 1.165) is 26.3 Å². The van der Waals surface area contributed by atoms with E-state index in [2.05, 4.69) is 4.90 Å². The Morgan fingerprint density at radius 3 is 3.00 bits per heavy atom. The van der Waals surface area contributed by atoms with Crippen LogP contribution in [0.3, 0.4) is 0 Å². The van der Waals surface area contributed by atoms with Crippen LogP contribution in [0.25, 0.3) is 0 Å². The molecule has 1 fully saturated rings. The fourth-order valence-corrected chi connectivity index (χ4v) is 1.95. The molecule has 0 aromatic carbocycles. The molecule has 1 rings (SSSR count). The van der Waals surface area contributed by atoms with Crippen molar-refractivity contribution in [1.29, 1.82) is 0 Å². The third kappa shape index (κ3) is 3.63. The molecule has 0 aromatic heterocycles. The predicted molar refractivity (Wildman–Crippen MR) is 54.8 cm³/mol. The summed E-state index contributed by atoms with van der Waals surface area (Å²) in [5.41, 5.74) is 5.72. The van der Waals surface area contributed by atoms with Crippen LogP contribution in [-0.2, 0) is 4.74 Å². The van der Waals surface area contributed by atoms with Gasteiger partial charge in [-0.05, 0) is 26.3 Å². The van der Waals surface area contributed by atoms with E-state index in [0.29, 0.717) is 6.04 Å². The molecule has 0 saturated carbocycles. The van der Waals surface area contributed by atoms with Crippen LogP contribution >= 0.6 is 0 Å². The highest BCUT2D eigenvalue weighted by Crippen LogP contribution is 2.15. The van der Waals surface area contributed by atoms with Crippen molar-refractivity contribution >= 4 is 0 Å². The maximum atomic E-state index is 5.72. The Bertz CT molecular complexity index is 130. The Balaban J connectivity index is 2.19. The highest BCUT2D eigenvalue weighted by Gasteiger charge is 2.19. The molecule has 78 valence electrons. The number of nitrogens with zero attached hydrogens (tertiary/aromatic N) is 1. The molecule has 3 heteroatoms. The zero-order valence-electron chi connectivity index (χ0n) is 8.67. The van der Waals surface area contributed by atoms with Crippen LogP contribution in [0.5, 0.6) is 0 Å². The Labute approximate surface area is 81.2 Å². The van der Waals surface area contributed by atoms with Crippen LogP contribution in [-0.4, -0.2) is 43.8 Å². The maximum Gasteiger partial charge on any atom is 0.0593 e. The van der Waals surface area contributed by atoms with Crippen LogP contribution in [0.4, 0.5) is 0 Å². The summed E-state index contributed by atoms with van der Waals surface area (Å²) < 4.78 is 5.35. The van der Waals surface area contributed by atoms with Gasteiger partial charge in [0, 0.05) is 25.7 Å². The number of ether oxygens (including phenoxy) is 1. The quantitative estimate of drug-likeness (QED) is 0.647. The summed E-state index contributed by atoms with van der Waals surface area (Å²) in [7, 11) is 0. The van der Waals surface area contributed by atoms with Crippen LogP contribution in [0.15, 0.2) is 0 Å². The Morgan fingerprint density at radius 1 is 1.46 bits per heavy atom. The highest BCUT2D eigenvalue weighted by atomic mass is 16.5. The Hall–Kier alpha value is -0.120. The summed E-state index contributed by atoms with van der Waals surface area (Å²) >= 11 is 0. The minimum atomic E-state index is 0.606. The van der Waals surface area contributed by atoms with Gasteiger partial charge in [0.1, 0.15) is 0 Å². The average molecular weight is 186 g/mol. The lowest BCUT2D eigenvalue weighted by Crippen LogP contribution is -2.45. The third-order valence-electron chi connectivity index (χ3n) is 2.75. The zero-order valence-corrected chi connectivity index (χ0v) is 8.67. The second kappa shape index (κ2) is 6.35. The Kier molecular flexibility index (Phi) is 5.35. The number of nitrogens with two attached hydrogens (primary N) is 1. The van der Waals surface area contributed by atoms with Gasteiger partial charge in [-0.25, -0.2) is 0 Å². The van der Waals surface area contributed by atoms with Gasteiger partial charge in [0.25, 0.3) is 0 Å². The standard InChI is InChI=1S/C10H22N2O/c1-2-13-8-7-12-6-4-3-5-10(12)9-11/h10H,2-9,11H2,1H3. The lowest BCUT2D eigenvalue weighted by Gasteiger charge is -2.34. The molecule has 0 spiro atoms. The van der Waals surface area contributed by atoms with Crippen molar-refractivity contribution in [3.63, 3.8) is 0 Å². The fraction of sp³-hybridized carbons (Fsp3) is 1.00.